The van der Waals surface area contributed by atoms with Gasteiger partial charge in [0.25, 0.3) is 0 Å². The second kappa shape index (κ2) is 7.36. The van der Waals surface area contributed by atoms with E-state index in [1.807, 2.05) is 0 Å². The van der Waals surface area contributed by atoms with Gasteiger partial charge in [-0.25, -0.2) is 0 Å². The van der Waals surface area contributed by atoms with E-state index < -0.39 is 0 Å². The van der Waals surface area contributed by atoms with Crippen molar-refractivity contribution in [3.63, 3.8) is 0 Å². The predicted octanol–water partition coefficient (Wildman–Crippen LogP) is 1.40. The van der Waals surface area contributed by atoms with Crippen LogP contribution in [0.4, 0.5) is 0 Å². The molecule has 2 aliphatic rings. The summed E-state index contributed by atoms with van der Waals surface area (Å²) in [4.78, 5) is 15.9. The zero-order chi connectivity index (χ0) is 13.7. The van der Waals surface area contributed by atoms with Crippen molar-refractivity contribution < 1.29 is 9.53 Å². The van der Waals surface area contributed by atoms with Crippen molar-refractivity contribution >= 4 is 6.29 Å². The molecule has 2 heterocycles. The number of morpholine rings is 1. The van der Waals surface area contributed by atoms with Gasteiger partial charge in [-0.2, -0.15) is 0 Å². The third kappa shape index (κ3) is 4.55. The predicted molar refractivity (Wildman–Crippen MR) is 76.3 cm³/mol. The molecule has 2 atom stereocenters. The topological polar surface area (TPSA) is 32.8 Å². The molecule has 0 aliphatic carbocycles. The van der Waals surface area contributed by atoms with Gasteiger partial charge in [-0.1, -0.05) is 20.3 Å². The van der Waals surface area contributed by atoms with E-state index in [-0.39, 0.29) is 12.1 Å². The Hall–Kier alpha value is -0.450. The van der Waals surface area contributed by atoms with Crippen LogP contribution in [0.3, 0.4) is 0 Å². The molecule has 0 saturated carbocycles. The number of carbonyl (C=O) groups is 1. The highest BCUT2D eigenvalue weighted by atomic mass is 16.5. The van der Waals surface area contributed by atoms with E-state index >= 15 is 0 Å². The maximum Gasteiger partial charge on any atom is 0.137 e. The molecule has 0 amide bonds. The molecule has 0 aromatic heterocycles. The van der Waals surface area contributed by atoms with Crippen LogP contribution < -0.4 is 0 Å². The van der Waals surface area contributed by atoms with Gasteiger partial charge in [-0.3, -0.25) is 9.80 Å². The molecule has 0 bridgehead atoms. The monoisotopic (exact) mass is 268 g/mol. The van der Waals surface area contributed by atoms with Crippen LogP contribution in [0.15, 0.2) is 0 Å². The van der Waals surface area contributed by atoms with Crippen molar-refractivity contribution in [1.82, 2.24) is 9.80 Å². The van der Waals surface area contributed by atoms with E-state index in [1.165, 1.54) is 12.8 Å². The summed E-state index contributed by atoms with van der Waals surface area (Å²) in [5, 5.41) is 0. The first kappa shape index (κ1) is 14.9. The molecule has 2 rings (SSSR count). The van der Waals surface area contributed by atoms with Crippen molar-refractivity contribution in [3.05, 3.63) is 0 Å². The minimum Gasteiger partial charge on any atom is -0.374 e. The Morgan fingerprint density at radius 1 is 1.32 bits per heavy atom. The average molecular weight is 268 g/mol. The minimum absolute atomic E-state index is 0.123. The van der Waals surface area contributed by atoms with Gasteiger partial charge in [0.2, 0.25) is 0 Å². The van der Waals surface area contributed by atoms with E-state index in [9.17, 15) is 4.79 Å². The van der Waals surface area contributed by atoms with Crippen molar-refractivity contribution in [1.29, 1.82) is 0 Å². The van der Waals surface area contributed by atoms with Gasteiger partial charge < -0.3 is 9.53 Å². The molecule has 0 spiro atoms. The number of rotatable bonds is 5. The quantitative estimate of drug-likeness (QED) is 0.706. The number of hydrogen-bond donors (Lipinski definition) is 0. The van der Waals surface area contributed by atoms with Crippen LogP contribution >= 0.6 is 0 Å². The Morgan fingerprint density at radius 2 is 2.16 bits per heavy atom. The molecule has 4 nitrogen and oxygen atoms in total. The van der Waals surface area contributed by atoms with Gasteiger partial charge >= 0.3 is 0 Å². The largest absolute Gasteiger partial charge is 0.374 e. The molecule has 2 saturated heterocycles. The molecule has 2 unspecified atom stereocenters. The highest BCUT2D eigenvalue weighted by molar-refractivity contribution is 5.57. The van der Waals surface area contributed by atoms with E-state index in [0.717, 1.165) is 52.0 Å². The normalized spacial score (nSPS) is 30.7. The Bertz CT molecular complexity index is 283. The highest BCUT2D eigenvalue weighted by Gasteiger charge is 2.27. The van der Waals surface area contributed by atoms with Crippen molar-refractivity contribution in [3.8, 4) is 0 Å². The SMILES string of the molecule is CC(C)CN1CCOC(CN2CCCCC2C=O)C1. The van der Waals surface area contributed by atoms with Gasteiger partial charge in [0, 0.05) is 26.2 Å². The summed E-state index contributed by atoms with van der Waals surface area (Å²) >= 11 is 0. The summed E-state index contributed by atoms with van der Waals surface area (Å²) in [6.45, 7) is 10.5. The minimum atomic E-state index is 0.123. The average Bonchev–Trinajstić information content (AvgIpc) is 2.39. The second-order valence-electron chi connectivity index (χ2n) is 6.34. The Balaban J connectivity index is 1.82. The highest BCUT2D eigenvalue weighted by Crippen LogP contribution is 2.17. The van der Waals surface area contributed by atoms with Gasteiger partial charge in [-0.15, -0.1) is 0 Å². The summed E-state index contributed by atoms with van der Waals surface area (Å²) < 4.78 is 5.89. The first-order valence-electron chi connectivity index (χ1n) is 7.72. The molecule has 19 heavy (non-hydrogen) atoms. The third-order valence-electron chi connectivity index (χ3n) is 4.11. The number of ether oxygens (including phenoxy) is 1. The Morgan fingerprint density at radius 3 is 2.89 bits per heavy atom. The molecule has 2 aliphatic heterocycles. The molecule has 0 aromatic carbocycles. The summed E-state index contributed by atoms with van der Waals surface area (Å²) in [5.74, 6) is 0.705. The number of hydrogen-bond acceptors (Lipinski definition) is 4. The van der Waals surface area contributed by atoms with Gasteiger partial charge in [-0.05, 0) is 25.3 Å². The summed E-state index contributed by atoms with van der Waals surface area (Å²) in [6, 6.07) is 0.123. The van der Waals surface area contributed by atoms with Gasteiger partial charge in [0.15, 0.2) is 0 Å². The van der Waals surface area contributed by atoms with E-state index in [1.54, 1.807) is 0 Å². The number of likely N-dealkylation sites (tertiary alicyclic amines) is 1. The van der Waals surface area contributed by atoms with Crippen LogP contribution in [0, 0.1) is 5.92 Å². The number of nitrogens with zero attached hydrogens (tertiary/aromatic N) is 2. The van der Waals surface area contributed by atoms with Crippen molar-refractivity contribution in [2.45, 2.75) is 45.3 Å². The third-order valence-corrected chi connectivity index (χ3v) is 4.11. The van der Waals surface area contributed by atoms with Crippen LogP contribution in [0.25, 0.3) is 0 Å². The summed E-state index contributed by atoms with van der Waals surface area (Å²) in [7, 11) is 0. The lowest BCUT2D eigenvalue weighted by Gasteiger charge is -2.39. The van der Waals surface area contributed by atoms with Crippen LogP contribution in [-0.4, -0.2) is 67.6 Å². The number of piperidine rings is 1. The molecular formula is C15H28N2O2. The molecule has 0 N–H and O–H groups in total. The fourth-order valence-electron chi connectivity index (χ4n) is 3.23. The lowest BCUT2D eigenvalue weighted by molar-refractivity contribution is -0.115. The van der Waals surface area contributed by atoms with Crippen molar-refractivity contribution in [2.24, 2.45) is 5.92 Å². The lowest BCUT2D eigenvalue weighted by Crippen LogP contribution is -2.51. The Labute approximate surface area is 117 Å². The van der Waals surface area contributed by atoms with Crippen LogP contribution in [0.1, 0.15) is 33.1 Å². The van der Waals surface area contributed by atoms with Crippen LogP contribution in [0.2, 0.25) is 0 Å². The molecular weight excluding hydrogens is 240 g/mol. The van der Waals surface area contributed by atoms with Crippen LogP contribution in [0.5, 0.6) is 0 Å². The van der Waals surface area contributed by atoms with Crippen molar-refractivity contribution in [2.75, 3.05) is 39.3 Å². The molecule has 0 radical (unpaired) electrons. The Kier molecular flexibility index (Phi) is 5.79. The molecule has 0 aromatic rings. The fourth-order valence-corrected chi connectivity index (χ4v) is 3.23. The van der Waals surface area contributed by atoms with Gasteiger partial charge in [0.1, 0.15) is 6.29 Å². The zero-order valence-corrected chi connectivity index (χ0v) is 12.4. The van der Waals surface area contributed by atoms with Gasteiger partial charge in [0.05, 0.1) is 18.8 Å². The molecule has 2 fully saturated rings. The first-order valence-corrected chi connectivity index (χ1v) is 7.72. The second-order valence-corrected chi connectivity index (χ2v) is 6.34. The smallest absolute Gasteiger partial charge is 0.137 e. The van der Waals surface area contributed by atoms with E-state index in [0.29, 0.717) is 5.92 Å². The lowest BCUT2D eigenvalue weighted by atomic mass is 10.0. The van der Waals surface area contributed by atoms with E-state index in [2.05, 4.69) is 23.6 Å². The number of carbonyl (C=O) groups excluding carboxylic acids is 1. The van der Waals surface area contributed by atoms with E-state index in [4.69, 9.17) is 4.74 Å². The molecule has 110 valence electrons. The first-order chi connectivity index (χ1) is 9.19. The fraction of sp³-hybridized carbons (Fsp3) is 0.933. The maximum atomic E-state index is 11.1. The maximum absolute atomic E-state index is 11.1. The standard InChI is InChI=1S/C15H28N2O2/c1-13(2)9-16-7-8-19-15(10-16)11-17-6-4-3-5-14(17)12-18/h12-15H,3-11H2,1-2H3. The molecule has 4 heteroatoms. The number of aldehydes is 1. The zero-order valence-electron chi connectivity index (χ0n) is 12.4. The van der Waals surface area contributed by atoms with Crippen LogP contribution in [-0.2, 0) is 9.53 Å². The summed E-state index contributed by atoms with van der Waals surface area (Å²) in [6.07, 6.45) is 4.81. The summed E-state index contributed by atoms with van der Waals surface area (Å²) in [5.41, 5.74) is 0.